The van der Waals surface area contributed by atoms with Gasteiger partial charge in [0.1, 0.15) is 41.8 Å². The van der Waals surface area contributed by atoms with Crippen LogP contribution in [0.15, 0.2) is 83.5 Å². The molecule has 5 aromatic rings. The molecule has 204 valence electrons. The van der Waals surface area contributed by atoms with Gasteiger partial charge in [-0.25, -0.2) is 19.8 Å². The van der Waals surface area contributed by atoms with Gasteiger partial charge in [-0.2, -0.15) is 0 Å². The summed E-state index contributed by atoms with van der Waals surface area (Å²) in [6, 6.07) is 20.9. The largest absolute Gasteiger partial charge is 0.487 e. The number of anilines is 2. The molecular formula is C29H25ClFN5O4. The Morgan fingerprint density at radius 2 is 1.88 bits per heavy atom. The van der Waals surface area contributed by atoms with Crippen molar-refractivity contribution < 1.29 is 23.5 Å². The monoisotopic (exact) mass is 561 g/mol. The lowest BCUT2D eigenvalue weighted by molar-refractivity contribution is -0.129. The van der Waals surface area contributed by atoms with Crippen LogP contribution in [0.1, 0.15) is 17.7 Å². The standard InChI is InChI=1S/C29H25ClFN5O4/c30-24-14-21(6-9-27(24)39-16-18-1-4-20(31)5-2-18)35-29-23-13-19(3-8-25(23)33-17-34-29)26-10-7-22(40-26)15-32-12-11-28(37)36-38/h1-10,13-14,17,32,38H,11-12,15-16H2,(H,36,37)(H,33,34,35). The highest BCUT2D eigenvalue weighted by atomic mass is 35.5. The molecule has 4 N–H and O–H groups in total. The summed E-state index contributed by atoms with van der Waals surface area (Å²) in [6.07, 6.45) is 1.64. The lowest BCUT2D eigenvalue weighted by Gasteiger charge is -2.12. The van der Waals surface area contributed by atoms with Crippen molar-refractivity contribution in [3.8, 4) is 17.1 Å². The number of benzene rings is 3. The van der Waals surface area contributed by atoms with E-state index in [4.69, 9.17) is 26.0 Å². The van der Waals surface area contributed by atoms with Crippen LogP contribution in [0.3, 0.4) is 0 Å². The summed E-state index contributed by atoms with van der Waals surface area (Å²) >= 11 is 6.48. The Hall–Kier alpha value is -4.51. The fourth-order valence-electron chi connectivity index (χ4n) is 3.98. The third kappa shape index (κ3) is 6.73. The van der Waals surface area contributed by atoms with Crippen LogP contribution < -0.4 is 20.9 Å². The number of furan rings is 1. The number of fused-ring (bicyclic) bond motifs is 1. The second-order valence-corrected chi connectivity index (χ2v) is 9.27. The summed E-state index contributed by atoms with van der Waals surface area (Å²) in [5.74, 6) is 1.73. The second kappa shape index (κ2) is 12.6. The number of hydrogen-bond donors (Lipinski definition) is 4. The Morgan fingerprint density at radius 3 is 2.67 bits per heavy atom. The van der Waals surface area contributed by atoms with Gasteiger partial charge in [0.2, 0.25) is 5.91 Å². The third-order valence-corrected chi connectivity index (χ3v) is 6.33. The SMILES string of the molecule is O=C(CCNCc1ccc(-c2ccc3ncnc(Nc4ccc(OCc5ccc(F)cc5)c(Cl)c4)c3c2)o1)NO. The number of hydrogen-bond acceptors (Lipinski definition) is 8. The number of hydroxylamine groups is 1. The molecule has 0 bridgehead atoms. The second-order valence-electron chi connectivity index (χ2n) is 8.87. The maximum Gasteiger partial charge on any atom is 0.244 e. The van der Waals surface area contributed by atoms with Crippen molar-refractivity contribution in [1.82, 2.24) is 20.8 Å². The maximum atomic E-state index is 13.1. The van der Waals surface area contributed by atoms with Gasteiger partial charge in [-0.15, -0.1) is 0 Å². The Balaban J connectivity index is 1.28. The zero-order chi connectivity index (χ0) is 27.9. The van der Waals surface area contributed by atoms with Gasteiger partial charge in [0, 0.05) is 29.6 Å². The van der Waals surface area contributed by atoms with Crippen molar-refractivity contribution in [1.29, 1.82) is 0 Å². The first-order valence-electron chi connectivity index (χ1n) is 12.4. The van der Waals surface area contributed by atoms with E-state index in [0.29, 0.717) is 46.9 Å². The van der Waals surface area contributed by atoms with Crippen LogP contribution in [-0.4, -0.2) is 27.6 Å². The van der Waals surface area contributed by atoms with Gasteiger partial charge in [0.15, 0.2) is 0 Å². The molecule has 0 aliphatic carbocycles. The molecule has 2 aromatic heterocycles. The van der Waals surface area contributed by atoms with Gasteiger partial charge >= 0.3 is 0 Å². The minimum Gasteiger partial charge on any atom is -0.487 e. The molecule has 0 saturated heterocycles. The third-order valence-electron chi connectivity index (χ3n) is 6.04. The van der Waals surface area contributed by atoms with E-state index in [0.717, 1.165) is 22.0 Å². The average molecular weight is 562 g/mol. The average Bonchev–Trinajstić information content (AvgIpc) is 3.44. The fourth-order valence-corrected chi connectivity index (χ4v) is 4.22. The molecule has 0 radical (unpaired) electrons. The van der Waals surface area contributed by atoms with E-state index >= 15 is 0 Å². The summed E-state index contributed by atoms with van der Waals surface area (Å²) in [5, 5.41) is 16.2. The number of carbonyl (C=O) groups is 1. The molecule has 3 aromatic carbocycles. The van der Waals surface area contributed by atoms with Crippen LogP contribution in [0.4, 0.5) is 15.9 Å². The number of halogens is 2. The normalized spacial score (nSPS) is 11.0. The molecule has 0 fully saturated rings. The summed E-state index contributed by atoms with van der Waals surface area (Å²) in [7, 11) is 0. The van der Waals surface area contributed by atoms with Crippen molar-refractivity contribution in [3.63, 3.8) is 0 Å². The summed E-state index contributed by atoms with van der Waals surface area (Å²) in [6.45, 7) is 1.10. The maximum absolute atomic E-state index is 13.1. The van der Waals surface area contributed by atoms with E-state index in [1.807, 2.05) is 36.4 Å². The van der Waals surface area contributed by atoms with Crippen LogP contribution in [0.25, 0.3) is 22.2 Å². The minimum absolute atomic E-state index is 0.154. The first-order chi connectivity index (χ1) is 19.5. The van der Waals surface area contributed by atoms with E-state index in [1.165, 1.54) is 18.5 Å². The number of amides is 1. The predicted octanol–water partition coefficient (Wildman–Crippen LogP) is 5.99. The zero-order valence-electron chi connectivity index (χ0n) is 21.2. The van der Waals surface area contributed by atoms with Crippen molar-refractivity contribution in [2.45, 2.75) is 19.6 Å². The van der Waals surface area contributed by atoms with E-state index < -0.39 is 5.91 Å². The Morgan fingerprint density at radius 1 is 1.02 bits per heavy atom. The zero-order valence-corrected chi connectivity index (χ0v) is 21.9. The molecule has 5 rings (SSSR count). The van der Waals surface area contributed by atoms with Crippen molar-refractivity contribution in [3.05, 3.63) is 101 Å². The highest BCUT2D eigenvalue weighted by molar-refractivity contribution is 6.32. The Bertz CT molecular complexity index is 1630. The molecular weight excluding hydrogens is 537 g/mol. The lowest BCUT2D eigenvalue weighted by Crippen LogP contribution is -2.24. The predicted molar refractivity (Wildman–Crippen MR) is 149 cm³/mol. The number of nitrogens with zero attached hydrogens (tertiary/aromatic N) is 2. The van der Waals surface area contributed by atoms with E-state index in [2.05, 4.69) is 20.6 Å². The lowest BCUT2D eigenvalue weighted by atomic mass is 10.1. The molecule has 0 unspecified atom stereocenters. The smallest absolute Gasteiger partial charge is 0.244 e. The van der Waals surface area contributed by atoms with E-state index in [1.54, 1.807) is 29.7 Å². The minimum atomic E-state index is -0.455. The van der Waals surface area contributed by atoms with E-state index in [9.17, 15) is 9.18 Å². The summed E-state index contributed by atoms with van der Waals surface area (Å²) in [4.78, 5) is 19.9. The molecule has 1 amide bonds. The van der Waals surface area contributed by atoms with Gasteiger partial charge < -0.3 is 19.8 Å². The van der Waals surface area contributed by atoms with Crippen molar-refractivity contribution in [2.75, 3.05) is 11.9 Å². The Kier molecular flexibility index (Phi) is 8.50. The van der Waals surface area contributed by atoms with Crippen LogP contribution >= 0.6 is 11.6 Å². The van der Waals surface area contributed by atoms with Crippen LogP contribution in [0.2, 0.25) is 5.02 Å². The molecule has 11 heteroatoms. The summed E-state index contributed by atoms with van der Waals surface area (Å²) in [5.41, 5.74) is 4.74. The van der Waals surface area contributed by atoms with Crippen LogP contribution in [0, 0.1) is 5.82 Å². The van der Waals surface area contributed by atoms with Gasteiger partial charge in [-0.1, -0.05) is 23.7 Å². The molecule has 2 heterocycles. The number of rotatable bonds is 11. The van der Waals surface area contributed by atoms with Gasteiger partial charge in [0.25, 0.3) is 0 Å². The topological polar surface area (TPSA) is 122 Å². The van der Waals surface area contributed by atoms with Gasteiger partial charge in [-0.3, -0.25) is 10.0 Å². The summed E-state index contributed by atoms with van der Waals surface area (Å²) < 4.78 is 24.9. The quantitative estimate of drug-likeness (QED) is 0.0881. The molecule has 40 heavy (non-hydrogen) atoms. The van der Waals surface area contributed by atoms with Crippen molar-refractivity contribution >= 4 is 39.9 Å². The number of nitrogens with one attached hydrogen (secondary N) is 3. The highest BCUT2D eigenvalue weighted by Crippen LogP contribution is 2.32. The molecule has 0 saturated carbocycles. The van der Waals surface area contributed by atoms with Gasteiger partial charge in [0.05, 0.1) is 17.1 Å². The molecule has 0 aliphatic rings. The molecule has 9 nitrogen and oxygen atoms in total. The van der Waals surface area contributed by atoms with Crippen LogP contribution in [0.5, 0.6) is 5.75 Å². The number of aromatic nitrogens is 2. The molecule has 0 spiro atoms. The number of carbonyl (C=O) groups excluding carboxylic acids is 1. The Labute approximate surface area is 233 Å². The van der Waals surface area contributed by atoms with E-state index in [-0.39, 0.29) is 18.8 Å². The molecule has 0 aliphatic heterocycles. The highest BCUT2D eigenvalue weighted by Gasteiger charge is 2.11. The van der Waals surface area contributed by atoms with Gasteiger partial charge in [-0.05, 0) is 66.2 Å². The number of ether oxygens (including phenoxy) is 1. The first kappa shape index (κ1) is 27.1. The first-order valence-corrected chi connectivity index (χ1v) is 12.8. The van der Waals surface area contributed by atoms with Crippen molar-refractivity contribution in [2.24, 2.45) is 0 Å². The molecule has 0 atom stereocenters. The fraction of sp³-hybridized carbons (Fsp3) is 0.138. The van der Waals surface area contributed by atoms with Crippen LogP contribution in [-0.2, 0) is 17.9 Å².